The van der Waals surface area contributed by atoms with Crippen molar-refractivity contribution in [1.82, 2.24) is 0 Å². The zero-order chi connectivity index (χ0) is 17.3. The van der Waals surface area contributed by atoms with Crippen molar-refractivity contribution in [2.45, 2.75) is 6.92 Å². The van der Waals surface area contributed by atoms with E-state index >= 15 is 0 Å². The number of aromatic hydroxyl groups is 1. The van der Waals surface area contributed by atoms with Crippen molar-refractivity contribution in [2.24, 2.45) is 0 Å². The average Bonchev–Trinajstić information content (AvgIpc) is 2.55. The first-order valence-electron chi connectivity index (χ1n) is 7.24. The molecule has 0 aliphatic carbocycles. The quantitative estimate of drug-likeness (QED) is 0.727. The van der Waals surface area contributed by atoms with Gasteiger partial charge in [0.05, 0.1) is 17.6 Å². The van der Waals surface area contributed by atoms with Gasteiger partial charge in [0.15, 0.2) is 0 Å². The highest BCUT2D eigenvalue weighted by atomic mass is 35.5. The molecule has 0 atom stereocenters. The predicted octanol–water partition coefficient (Wildman–Crippen LogP) is 4.00. The molecule has 24 heavy (non-hydrogen) atoms. The van der Waals surface area contributed by atoms with E-state index in [0.29, 0.717) is 10.6 Å². The molecule has 0 spiro atoms. The fourth-order valence-corrected chi connectivity index (χ4v) is 2.53. The van der Waals surface area contributed by atoms with Crippen LogP contribution in [0.2, 0.25) is 5.02 Å². The summed E-state index contributed by atoms with van der Waals surface area (Å²) in [6.07, 6.45) is 0. The molecule has 0 fully saturated rings. The molecular formula is C18H13ClO5. The van der Waals surface area contributed by atoms with Gasteiger partial charge in [0.2, 0.25) is 11.2 Å². The number of carbonyl (C=O) groups excluding carboxylic acids is 1. The topological polar surface area (TPSA) is 76.7 Å². The van der Waals surface area contributed by atoms with Crippen LogP contribution in [0, 0.1) is 0 Å². The Balaban J connectivity index is 2.35. The summed E-state index contributed by atoms with van der Waals surface area (Å²) in [5, 5.41) is 10.3. The number of benzene rings is 2. The number of carbonyl (C=O) groups is 1. The third kappa shape index (κ3) is 2.86. The average molecular weight is 345 g/mol. The van der Waals surface area contributed by atoms with Crippen LogP contribution in [0.5, 0.6) is 5.75 Å². The molecule has 1 aromatic heterocycles. The molecule has 3 aromatic rings. The van der Waals surface area contributed by atoms with E-state index in [-0.39, 0.29) is 40.1 Å². The standard InChI is InChI=1S/C18H13ClO5/c1-2-23-18(22)17-15(10-3-5-11(19)6-4-10)16(21)13-8-7-12(20)9-14(13)24-17/h3-9,20H,2H2,1H3. The maximum Gasteiger partial charge on any atom is 0.375 e. The summed E-state index contributed by atoms with van der Waals surface area (Å²) >= 11 is 5.88. The molecule has 0 amide bonds. The van der Waals surface area contributed by atoms with Gasteiger partial charge in [-0.3, -0.25) is 4.79 Å². The molecule has 6 heteroatoms. The lowest BCUT2D eigenvalue weighted by atomic mass is 10.0. The van der Waals surface area contributed by atoms with Crippen molar-refractivity contribution in [2.75, 3.05) is 6.61 Å². The van der Waals surface area contributed by atoms with Crippen LogP contribution in [0.25, 0.3) is 22.1 Å². The highest BCUT2D eigenvalue weighted by Crippen LogP contribution is 2.28. The van der Waals surface area contributed by atoms with E-state index < -0.39 is 5.97 Å². The maximum absolute atomic E-state index is 12.9. The molecule has 0 bridgehead atoms. The zero-order valence-corrected chi connectivity index (χ0v) is 13.5. The number of halogens is 1. The van der Waals surface area contributed by atoms with E-state index in [0.717, 1.165) is 0 Å². The summed E-state index contributed by atoms with van der Waals surface area (Å²) in [6.45, 7) is 1.80. The molecule has 1 heterocycles. The normalized spacial score (nSPS) is 10.8. The first-order valence-corrected chi connectivity index (χ1v) is 7.62. The third-order valence-corrected chi connectivity index (χ3v) is 3.72. The molecule has 0 unspecified atom stereocenters. The Morgan fingerprint density at radius 2 is 1.92 bits per heavy atom. The van der Waals surface area contributed by atoms with Crippen molar-refractivity contribution in [3.8, 4) is 16.9 Å². The largest absolute Gasteiger partial charge is 0.508 e. The highest BCUT2D eigenvalue weighted by Gasteiger charge is 2.23. The lowest BCUT2D eigenvalue weighted by Crippen LogP contribution is -2.14. The van der Waals surface area contributed by atoms with Gasteiger partial charge in [-0.2, -0.15) is 0 Å². The monoisotopic (exact) mass is 344 g/mol. The molecule has 3 rings (SSSR count). The summed E-state index contributed by atoms with van der Waals surface area (Å²) in [7, 11) is 0. The minimum atomic E-state index is -0.746. The number of ether oxygens (including phenoxy) is 1. The van der Waals surface area contributed by atoms with Crippen LogP contribution in [0.3, 0.4) is 0 Å². The van der Waals surface area contributed by atoms with Crippen molar-refractivity contribution >= 4 is 28.5 Å². The van der Waals surface area contributed by atoms with Gasteiger partial charge in [-0.05, 0) is 36.8 Å². The number of hydrogen-bond acceptors (Lipinski definition) is 5. The van der Waals surface area contributed by atoms with Crippen molar-refractivity contribution in [3.05, 3.63) is 63.5 Å². The second-order valence-electron chi connectivity index (χ2n) is 5.04. The molecule has 5 nitrogen and oxygen atoms in total. The second-order valence-corrected chi connectivity index (χ2v) is 5.48. The van der Waals surface area contributed by atoms with Gasteiger partial charge in [0.25, 0.3) is 0 Å². The van der Waals surface area contributed by atoms with Crippen molar-refractivity contribution < 1.29 is 19.1 Å². The lowest BCUT2D eigenvalue weighted by molar-refractivity contribution is 0.0492. The number of hydrogen-bond donors (Lipinski definition) is 1. The van der Waals surface area contributed by atoms with E-state index in [1.54, 1.807) is 31.2 Å². The van der Waals surface area contributed by atoms with Crippen LogP contribution in [0.4, 0.5) is 0 Å². The molecule has 0 aliphatic heterocycles. The highest BCUT2D eigenvalue weighted by molar-refractivity contribution is 6.30. The summed E-state index contributed by atoms with van der Waals surface area (Å²) in [4.78, 5) is 25.1. The molecule has 0 radical (unpaired) electrons. The molecule has 2 aromatic carbocycles. The van der Waals surface area contributed by atoms with Crippen LogP contribution < -0.4 is 5.43 Å². The van der Waals surface area contributed by atoms with E-state index in [1.165, 1.54) is 18.2 Å². The van der Waals surface area contributed by atoms with Crippen LogP contribution in [0.15, 0.2) is 51.7 Å². The Morgan fingerprint density at radius 3 is 2.58 bits per heavy atom. The first-order chi connectivity index (χ1) is 11.5. The Labute approximate surface area is 142 Å². The van der Waals surface area contributed by atoms with E-state index in [9.17, 15) is 14.7 Å². The van der Waals surface area contributed by atoms with Crippen molar-refractivity contribution in [1.29, 1.82) is 0 Å². The molecular weight excluding hydrogens is 332 g/mol. The number of esters is 1. The van der Waals surface area contributed by atoms with Crippen LogP contribution >= 0.6 is 11.6 Å². The summed E-state index contributed by atoms with van der Waals surface area (Å²) in [5.41, 5.74) is 0.317. The number of phenolic OH excluding ortho intramolecular Hbond substituents is 1. The molecule has 1 N–H and O–H groups in total. The van der Waals surface area contributed by atoms with Crippen LogP contribution in [-0.4, -0.2) is 17.7 Å². The molecule has 122 valence electrons. The van der Waals surface area contributed by atoms with Gasteiger partial charge < -0.3 is 14.3 Å². The molecule has 0 saturated heterocycles. The Hall–Kier alpha value is -2.79. The molecule has 0 saturated carbocycles. The summed E-state index contributed by atoms with van der Waals surface area (Å²) in [5.74, 6) is -1.02. The Kier molecular flexibility index (Phi) is 4.27. The second kappa shape index (κ2) is 6.37. The van der Waals surface area contributed by atoms with Crippen LogP contribution in [-0.2, 0) is 4.74 Å². The Morgan fingerprint density at radius 1 is 1.21 bits per heavy atom. The minimum absolute atomic E-state index is 0.0697. The fraction of sp³-hybridized carbons (Fsp3) is 0.111. The van der Waals surface area contributed by atoms with Gasteiger partial charge >= 0.3 is 5.97 Å². The SMILES string of the molecule is CCOC(=O)c1oc2cc(O)ccc2c(=O)c1-c1ccc(Cl)cc1. The van der Waals surface area contributed by atoms with Crippen LogP contribution in [0.1, 0.15) is 17.5 Å². The maximum atomic E-state index is 12.9. The first kappa shape index (κ1) is 16.1. The fourth-order valence-electron chi connectivity index (χ4n) is 2.40. The van der Waals surface area contributed by atoms with E-state index in [1.807, 2.05) is 0 Å². The summed E-state index contributed by atoms with van der Waals surface area (Å²) < 4.78 is 10.6. The zero-order valence-electron chi connectivity index (χ0n) is 12.7. The number of fused-ring (bicyclic) bond motifs is 1. The molecule has 0 aliphatic rings. The van der Waals surface area contributed by atoms with Gasteiger partial charge in [0, 0.05) is 11.1 Å². The van der Waals surface area contributed by atoms with Gasteiger partial charge in [-0.25, -0.2) is 4.79 Å². The van der Waals surface area contributed by atoms with Gasteiger partial charge in [-0.1, -0.05) is 23.7 Å². The van der Waals surface area contributed by atoms with Gasteiger partial charge in [0.1, 0.15) is 11.3 Å². The minimum Gasteiger partial charge on any atom is -0.508 e. The van der Waals surface area contributed by atoms with Crippen molar-refractivity contribution in [3.63, 3.8) is 0 Å². The summed E-state index contributed by atoms with van der Waals surface area (Å²) in [6, 6.07) is 10.6. The number of rotatable bonds is 3. The van der Waals surface area contributed by atoms with E-state index in [2.05, 4.69) is 0 Å². The Bertz CT molecular complexity index is 973. The number of phenols is 1. The van der Waals surface area contributed by atoms with Gasteiger partial charge in [-0.15, -0.1) is 0 Å². The predicted molar refractivity (Wildman–Crippen MR) is 90.6 cm³/mol. The smallest absolute Gasteiger partial charge is 0.375 e. The third-order valence-electron chi connectivity index (χ3n) is 3.47. The lowest BCUT2D eigenvalue weighted by Gasteiger charge is -2.10. The van der Waals surface area contributed by atoms with E-state index in [4.69, 9.17) is 20.8 Å².